The highest BCUT2D eigenvalue weighted by Gasteiger charge is 2.15. The van der Waals surface area contributed by atoms with Crippen molar-refractivity contribution < 1.29 is 8.42 Å². The molecule has 18 heavy (non-hydrogen) atoms. The van der Waals surface area contributed by atoms with E-state index in [1.165, 1.54) is 0 Å². The van der Waals surface area contributed by atoms with E-state index in [-0.39, 0.29) is 17.4 Å². The molecule has 0 amide bonds. The van der Waals surface area contributed by atoms with Gasteiger partial charge >= 0.3 is 0 Å². The fourth-order valence-electron chi connectivity index (χ4n) is 1.82. The van der Waals surface area contributed by atoms with Crippen molar-refractivity contribution in [1.82, 2.24) is 0 Å². The lowest BCUT2D eigenvalue weighted by Gasteiger charge is -2.15. The fourth-order valence-corrected chi connectivity index (χ4v) is 3.64. The van der Waals surface area contributed by atoms with Crippen LogP contribution in [0.25, 0.3) is 0 Å². The third kappa shape index (κ3) is 4.90. The van der Waals surface area contributed by atoms with E-state index in [0.29, 0.717) is 12.3 Å². The quantitative estimate of drug-likeness (QED) is 0.695. The molecular weight excluding hydrogens is 336 g/mol. The smallest absolute Gasteiger partial charge is 0.150 e. The van der Waals surface area contributed by atoms with Gasteiger partial charge in [0.25, 0.3) is 0 Å². The summed E-state index contributed by atoms with van der Waals surface area (Å²) in [5.41, 5.74) is 1.15. The first-order valence-corrected chi connectivity index (χ1v) is 9.16. The zero-order valence-corrected chi connectivity index (χ0v) is 13.6. The molecule has 1 aromatic rings. The summed E-state index contributed by atoms with van der Waals surface area (Å²) in [5, 5.41) is 0. The van der Waals surface area contributed by atoms with E-state index in [2.05, 4.69) is 15.9 Å². The van der Waals surface area contributed by atoms with E-state index < -0.39 is 9.84 Å². The first kappa shape index (κ1) is 16.0. The maximum absolute atomic E-state index is 11.4. The van der Waals surface area contributed by atoms with Crippen LogP contribution in [0.4, 0.5) is 0 Å². The maximum Gasteiger partial charge on any atom is 0.150 e. The van der Waals surface area contributed by atoms with Crippen LogP contribution in [0.15, 0.2) is 28.7 Å². The lowest BCUT2D eigenvalue weighted by molar-refractivity contribution is 0.587. The van der Waals surface area contributed by atoms with Crippen LogP contribution in [-0.4, -0.2) is 25.8 Å². The average molecular weight is 354 g/mol. The Labute approximate surface area is 123 Å². The van der Waals surface area contributed by atoms with Crippen LogP contribution >= 0.6 is 27.5 Å². The molecule has 0 radical (unpaired) electrons. The largest absolute Gasteiger partial charge is 0.229 e. The van der Waals surface area contributed by atoms with Gasteiger partial charge in [0, 0.05) is 16.1 Å². The molecule has 1 unspecified atom stereocenters. The highest BCUT2D eigenvalue weighted by molar-refractivity contribution is 9.10. The number of alkyl halides is 1. The van der Waals surface area contributed by atoms with Gasteiger partial charge in [-0.05, 0) is 30.4 Å². The third-order valence-electron chi connectivity index (χ3n) is 2.98. The summed E-state index contributed by atoms with van der Waals surface area (Å²) in [5.74, 6) is 1.18. The van der Waals surface area contributed by atoms with Crippen LogP contribution in [0.3, 0.4) is 0 Å². The molecule has 0 saturated carbocycles. The second-order valence-corrected chi connectivity index (χ2v) is 7.89. The molecule has 1 atom stereocenters. The van der Waals surface area contributed by atoms with Crippen LogP contribution in [0.5, 0.6) is 0 Å². The zero-order valence-electron chi connectivity index (χ0n) is 10.4. The summed E-state index contributed by atoms with van der Waals surface area (Å²) < 4.78 is 23.9. The summed E-state index contributed by atoms with van der Waals surface area (Å²) in [6.45, 7) is 1.68. The molecule has 0 aliphatic rings. The first-order valence-electron chi connectivity index (χ1n) is 6.01. The Kier molecular flexibility index (Phi) is 6.67. The molecule has 0 saturated heterocycles. The van der Waals surface area contributed by atoms with Crippen molar-refractivity contribution in [3.63, 3.8) is 0 Å². The lowest BCUT2D eigenvalue weighted by atomic mass is 9.96. The standard InChI is InChI=1S/C13H18BrClO2S/c1-2-18(16,17)9-5-6-11(10-15)12-7-3-4-8-13(12)14/h3-4,7-8,11H,2,5-6,9-10H2,1H3. The Morgan fingerprint density at radius 2 is 2.00 bits per heavy atom. The number of hydrogen-bond donors (Lipinski definition) is 0. The molecule has 1 aromatic carbocycles. The van der Waals surface area contributed by atoms with Crippen molar-refractivity contribution in [2.45, 2.75) is 25.7 Å². The van der Waals surface area contributed by atoms with E-state index in [4.69, 9.17) is 11.6 Å². The van der Waals surface area contributed by atoms with Crippen LogP contribution in [-0.2, 0) is 9.84 Å². The molecule has 1 rings (SSSR count). The molecule has 0 spiro atoms. The molecule has 5 heteroatoms. The zero-order chi connectivity index (χ0) is 13.6. The third-order valence-corrected chi connectivity index (χ3v) is 5.86. The highest BCUT2D eigenvalue weighted by atomic mass is 79.9. The molecule has 0 fully saturated rings. The van der Waals surface area contributed by atoms with Gasteiger partial charge in [-0.2, -0.15) is 0 Å². The number of rotatable bonds is 7. The fraction of sp³-hybridized carbons (Fsp3) is 0.538. The average Bonchev–Trinajstić information content (AvgIpc) is 2.36. The Morgan fingerprint density at radius 1 is 1.33 bits per heavy atom. The monoisotopic (exact) mass is 352 g/mol. The normalized spacial score (nSPS) is 13.5. The molecule has 2 nitrogen and oxygen atoms in total. The van der Waals surface area contributed by atoms with E-state index >= 15 is 0 Å². The minimum Gasteiger partial charge on any atom is -0.229 e. The molecule has 0 aliphatic carbocycles. The van der Waals surface area contributed by atoms with Crippen molar-refractivity contribution in [3.8, 4) is 0 Å². The number of sulfone groups is 1. The van der Waals surface area contributed by atoms with Crippen LogP contribution in [0.1, 0.15) is 31.2 Å². The Balaban J connectivity index is 2.61. The van der Waals surface area contributed by atoms with Gasteiger partial charge in [-0.15, -0.1) is 11.6 Å². The van der Waals surface area contributed by atoms with Gasteiger partial charge in [0.1, 0.15) is 9.84 Å². The minimum atomic E-state index is -2.87. The highest BCUT2D eigenvalue weighted by Crippen LogP contribution is 2.29. The molecule has 0 bridgehead atoms. The number of hydrogen-bond acceptors (Lipinski definition) is 2. The van der Waals surface area contributed by atoms with Gasteiger partial charge < -0.3 is 0 Å². The topological polar surface area (TPSA) is 34.1 Å². The molecule has 0 aliphatic heterocycles. The van der Waals surface area contributed by atoms with E-state index in [9.17, 15) is 8.42 Å². The molecule has 0 heterocycles. The van der Waals surface area contributed by atoms with Crippen molar-refractivity contribution in [2.75, 3.05) is 17.4 Å². The van der Waals surface area contributed by atoms with Crippen LogP contribution in [0, 0.1) is 0 Å². The molecule has 0 N–H and O–H groups in total. The van der Waals surface area contributed by atoms with E-state index in [0.717, 1.165) is 16.5 Å². The second-order valence-electron chi connectivity index (χ2n) is 4.25. The van der Waals surface area contributed by atoms with Gasteiger partial charge in [0.15, 0.2) is 0 Å². The van der Waals surface area contributed by atoms with Gasteiger partial charge in [-0.3, -0.25) is 0 Å². The SMILES string of the molecule is CCS(=O)(=O)CCCC(CCl)c1ccccc1Br. The second kappa shape index (κ2) is 7.51. The lowest BCUT2D eigenvalue weighted by Crippen LogP contribution is -2.10. The number of benzene rings is 1. The van der Waals surface area contributed by atoms with Crippen LogP contribution < -0.4 is 0 Å². The number of halogens is 2. The van der Waals surface area contributed by atoms with Crippen molar-refractivity contribution in [1.29, 1.82) is 0 Å². The summed E-state index contributed by atoms with van der Waals surface area (Å²) in [6.07, 6.45) is 1.46. The van der Waals surface area contributed by atoms with Gasteiger partial charge in [-0.1, -0.05) is 41.1 Å². The van der Waals surface area contributed by atoms with Crippen molar-refractivity contribution in [3.05, 3.63) is 34.3 Å². The Hall–Kier alpha value is -0.0600. The summed E-state index contributed by atoms with van der Waals surface area (Å²) in [4.78, 5) is 0. The van der Waals surface area contributed by atoms with Crippen molar-refractivity contribution >= 4 is 37.4 Å². The molecular formula is C13H18BrClO2S. The summed E-state index contributed by atoms with van der Waals surface area (Å²) in [7, 11) is -2.87. The van der Waals surface area contributed by atoms with E-state index in [1.54, 1.807) is 6.92 Å². The van der Waals surface area contributed by atoms with Gasteiger partial charge in [0.05, 0.1) is 5.75 Å². The Morgan fingerprint density at radius 3 is 2.56 bits per heavy atom. The molecule has 102 valence electrons. The minimum absolute atomic E-state index is 0.203. The first-order chi connectivity index (χ1) is 8.50. The summed E-state index contributed by atoms with van der Waals surface area (Å²) >= 11 is 9.49. The predicted octanol–water partition coefficient (Wildman–Crippen LogP) is 3.99. The van der Waals surface area contributed by atoms with Gasteiger partial charge in [-0.25, -0.2) is 8.42 Å². The predicted molar refractivity (Wildman–Crippen MR) is 81.2 cm³/mol. The van der Waals surface area contributed by atoms with Gasteiger partial charge in [0.2, 0.25) is 0 Å². The van der Waals surface area contributed by atoms with Crippen molar-refractivity contribution in [2.24, 2.45) is 0 Å². The van der Waals surface area contributed by atoms with Crippen LogP contribution in [0.2, 0.25) is 0 Å². The Bertz CT molecular complexity index is 474. The molecule has 0 aromatic heterocycles. The maximum atomic E-state index is 11.4. The summed E-state index contributed by atoms with van der Waals surface area (Å²) in [6, 6.07) is 7.95. The van der Waals surface area contributed by atoms with E-state index in [1.807, 2.05) is 24.3 Å².